The van der Waals surface area contributed by atoms with Crippen molar-refractivity contribution >= 4 is 37.8 Å². The van der Waals surface area contributed by atoms with E-state index < -0.39 is 12.1 Å². The molecule has 7 heteroatoms. The van der Waals surface area contributed by atoms with E-state index in [-0.39, 0.29) is 12.3 Å². The van der Waals surface area contributed by atoms with Gasteiger partial charge in [-0.3, -0.25) is 4.79 Å². The smallest absolute Gasteiger partial charge is 0.307 e. The topological polar surface area (TPSA) is 76.0 Å². The molecule has 2 N–H and O–H groups in total. The van der Waals surface area contributed by atoms with Crippen LogP contribution in [-0.2, 0) is 11.2 Å². The van der Waals surface area contributed by atoms with E-state index in [0.717, 1.165) is 16.7 Å². The molecule has 1 unspecified atom stereocenters. The standard InChI is InChI=1S/C26H26Br2O5/c1-14(2)18-12-23(33-26-20(27)9-16(10-21(26)28)11-24(29)30)19(13-22(18)32-4)25(31)17-7-5-15(3)6-8-17/h5-10,12-14,25,31H,11H2,1-4H3,(H,29,30). The van der Waals surface area contributed by atoms with Crippen molar-refractivity contribution in [3.05, 3.63) is 85.3 Å². The van der Waals surface area contributed by atoms with Gasteiger partial charge in [0.15, 0.2) is 5.75 Å². The van der Waals surface area contributed by atoms with Gasteiger partial charge in [-0.1, -0.05) is 43.7 Å². The molecule has 174 valence electrons. The molecule has 0 radical (unpaired) electrons. The van der Waals surface area contributed by atoms with Crippen LogP contribution in [0.25, 0.3) is 0 Å². The highest BCUT2D eigenvalue weighted by atomic mass is 79.9. The second kappa shape index (κ2) is 10.7. The Labute approximate surface area is 210 Å². The summed E-state index contributed by atoms with van der Waals surface area (Å²) >= 11 is 7.00. The van der Waals surface area contributed by atoms with Gasteiger partial charge in [-0.25, -0.2) is 0 Å². The third-order valence-electron chi connectivity index (χ3n) is 5.30. The molecular formula is C26H26Br2O5. The Morgan fingerprint density at radius 1 is 0.970 bits per heavy atom. The van der Waals surface area contributed by atoms with Crippen molar-refractivity contribution in [1.29, 1.82) is 0 Å². The highest BCUT2D eigenvalue weighted by molar-refractivity contribution is 9.11. The number of hydrogen-bond acceptors (Lipinski definition) is 4. The SMILES string of the molecule is COc1cc(C(O)c2ccc(C)cc2)c(Oc2c(Br)cc(CC(=O)O)cc2Br)cc1C(C)C. The van der Waals surface area contributed by atoms with Crippen LogP contribution in [0.5, 0.6) is 17.2 Å². The number of hydrogen-bond donors (Lipinski definition) is 2. The third kappa shape index (κ3) is 5.96. The number of rotatable bonds is 8. The molecule has 0 aliphatic rings. The van der Waals surface area contributed by atoms with Crippen LogP contribution in [0, 0.1) is 6.92 Å². The summed E-state index contributed by atoms with van der Waals surface area (Å²) in [5.74, 6) is 0.898. The number of aliphatic hydroxyl groups is 1. The summed E-state index contributed by atoms with van der Waals surface area (Å²) in [5.41, 5.74) is 3.98. The second-order valence-corrected chi connectivity index (χ2v) is 9.87. The van der Waals surface area contributed by atoms with Crippen molar-refractivity contribution in [2.24, 2.45) is 0 Å². The minimum atomic E-state index is -0.931. The Hall–Kier alpha value is -2.35. The van der Waals surface area contributed by atoms with Gasteiger partial charge < -0.3 is 19.7 Å². The first-order valence-electron chi connectivity index (χ1n) is 10.4. The maximum atomic E-state index is 11.2. The molecule has 0 amide bonds. The van der Waals surface area contributed by atoms with Crippen molar-refractivity contribution in [1.82, 2.24) is 0 Å². The number of carbonyl (C=O) groups is 1. The van der Waals surface area contributed by atoms with Gasteiger partial charge in [0.25, 0.3) is 0 Å². The Balaban J connectivity index is 2.12. The second-order valence-electron chi connectivity index (χ2n) is 8.16. The number of methoxy groups -OCH3 is 1. The molecule has 3 rings (SSSR count). The van der Waals surface area contributed by atoms with E-state index in [0.29, 0.717) is 37.3 Å². The summed E-state index contributed by atoms with van der Waals surface area (Å²) < 4.78 is 13.2. The summed E-state index contributed by atoms with van der Waals surface area (Å²) in [7, 11) is 1.61. The zero-order valence-corrected chi connectivity index (χ0v) is 22.0. The molecule has 0 spiro atoms. The molecule has 5 nitrogen and oxygen atoms in total. The molecule has 1 atom stereocenters. The summed E-state index contributed by atoms with van der Waals surface area (Å²) in [6.45, 7) is 6.11. The minimum Gasteiger partial charge on any atom is -0.496 e. The highest BCUT2D eigenvalue weighted by Crippen LogP contribution is 2.44. The number of ether oxygens (including phenoxy) is 2. The maximum Gasteiger partial charge on any atom is 0.307 e. The van der Waals surface area contributed by atoms with Crippen molar-refractivity contribution in [3.63, 3.8) is 0 Å². The zero-order chi connectivity index (χ0) is 24.3. The fourth-order valence-electron chi connectivity index (χ4n) is 3.55. The number of benzene rings is 3. The maximum absolute atomic E-state index is 11.2. The average molecular weight is 578 g/mol. The molecule has 33 heavy (non-hydrogen) atoms. The summed E-state index contributed by atoms with van der Waals surface area (Å²) in [4.78, 5) is 11.1. The van der Waals surface area contributed by atoms with Gasteiger partial charge in [0.2, 0.25) is 0 Å². The van der Waals surface area contributed by atoms with Crippen LogP contribution >= 0.6 is 31.9 Å². The lowest BCUT2D eigenvalue weighted by Crippen LogP contribution is -2.06. The molecule has 0 bridgehead atoms. The fraction of sp³-hybridized carbons (Fsp3) is 0.269. The summed E-state index contributed by atoms with van der Waals surface area (Å²) in [5, 5.41) is 20.4. The Morgan fingerprint density at radius 2 is 1.55 bits per heavy atom. The van der Waals surface area contributed by atoms with Gasteiger partial charge in [-0.15, -0.1) is 0 Å². The molecule has 0 heterocycles. The van der Waals surface area contributed by atoms with Crippen molar-refractivity contribution in [2.75, 3.05) is 7.11 Å². The average Bonchev–Trinajstić information content (AvgIpc) is 2.75. The molecule has 0 aliphatic carbocycles. The first-order valence-corrected chi connectivity index (χ1v) is 12.0. The summed E-state index contributed by atoms with van der Waals surface area (Å²) in [6.07, 6.45) is -1.03. The predicted octanol–water partition coefficient (Wildman–Crippen LogP) is 7.15. The van der Waals surface area contributed by atoms with Gasteiger partial charge in [0.1, 0.15) is 17.6 Å². The van der Waals surface area contributed by atoms with Crippen LogP contribution < -0.4 is 9.47 Å². The minimum absolute atomic E-state index is 0.102. The first kappa shape index (κ1) is 25.3. The first-order chi connectivity index (χ1) is 15.6. The molecule has 0 saturated carbocycles. The van der Waals surface area contributed by atoms with E-state index in [9.17, 15) is 9.90 Å². The van der Waals surface area contributed by atoms with Crippen LogP contribution in [0.15, 0.2) is 57.5 Å². The van der Waals surface area contributed by atoms with Gasteiger partial charge in [-0.2, -0.15) is 0 Å². The van der Waals surface area contributed by atoms with Crippen molar-refractivity contribution < 1.29 is 24.5 Å². The normalized spacial score (nSPS) is 12.0. The van der Waals surface area contributed by atoms with E-state index in [2.05, 4.69) is 45.7 Å². The molecular weight excluding hydrogens is 552 g/mol. The lowest BCUT2D eigenvalue weighted by Gasteiger charge is -2.22. The van der Waals surface area contributed by atoms with Gasteiger partial charge in [0.05, 0.1) is 22.5 Å². The molecule has 0 saturated heterocycles. The van der Waals surface area contributed by atoms with Crippen molar-refractivity contribution in [2.45, 2.75) is 39.2 Å². The molecule has 3 aromatic carbocycles. The van der Waals surface area contributed by atoms with Gasteiger partial charge >= 0.3 is 5.97 Å². The molecule has 3 aromatic rings. The predicted molar refractivity (Wildman–Crippen MR) is 136 cm³/mol. The number of aliphatic carboxylic acids is 1. The lowest BCUT2D eigenvalue weighted by molar-refractivity contribution is -0.136. The zero-order valence-electron chi connectivity index (χ0n) is 18.9. The monoisotopic (exact) mass is 576 g/mol. The van der Waals surface area contributed by atoms with Crippen LogP contribution in [0.2, 0.25) is 0 Å². The number of aryl methyl sites for hydroxylation is 1. The van der Waals surface area contributed by atoms with Gasteiger partial charge in [0, 0.05) is 11.1 Å². The van der Waals surface area contributed by atoms with Crippen LogP contribution in [0.1, 0.15) is 53.7 Å². The quantitative estimate of drug-likeness (QED) is 0.297. The number of carboxylic acid groups (broad SMARTS) is 1. The molecule has 0 fully saturated rings. The largest absolute Gasteiger partial charge is 0.496 e. The van der Waals surface area contributed by atoms with Crippen molar-refractivity contribution in [3.8, 4) is 17.2 Å². The Morgan fingerprint density at radius 3 is 2.06 bits per heavy atom. The van der Waals surface area contributed by atoms with E-state index >= 15 is 0 Å². The number of aliphatic hydroxyl groups excluding tert-OH is 1. The highest BCUT2D eigenvalue weighted by Gasteiger charge is 2.23. The van der Waals surface area contributed by atoms with Crippen LogP contribution in [0.4, 0.5) is 0 Å². The number of carboxylic acids is 1. The fourth-order valence-corrected chi connectivity index (χ4v) is 4.99. The third-order valence-corrected chi connectivity index (χ3v) is 6.48. The Kier molecular flexibility index (Phi) is 8.21. The molecule has 0 aromatic heterocycles. The lowest BCUT2D eigenvalue weighted by atomic mass is 9.94. The van der Waals surface area contributed by atoms with Crippen LogP contribution in [0.3, 0.4) is 0 Å². The Bertz CT molecular complexity index is 1130. The van der Waals surface area contributed by atoms with E-state index in [1.807, 2.05) is 43.3 Å². The van der Waals surface area contributed by atoms with Gasteiger partial charge in [-0.05, 0) is 80.1 Å². The van der Waals surface area contributed by atoms with E-state index in [1.54, 1.807) is 19.2 Å². The van der Waals surface area contributed by atoms with E-state index in [4.69, 9.17) is 14.6 Å². The summed E-state index contributed by atoms with van der Waals surface area (Å²) in [6, 6.07) is 14.8. The van der Waals surface area contributed by atoms with E-state index in [1.165, 1.54) is 0 Å². The van der Waals surface area contributed by atoms with Crippen LogP contribution in [-0.4, -0.2) is 23.3 Å². The number of halogens is 2. The molecule has 0 aliphatic heterocycles.